The Morgan fingerprint density at radius 2 is 1.90 bits per heavy atom. The topological polar surface area (TPSA) is 12.0 Å². The number of nitrogens with one attached hydrogen (secondary N) is 1. The average molecular weight is 299 g/mol. The van der Waals surface area contributed by atoms with Crippen LogP contribution in [-0.4, -0.2) is 12.1 Å². The Morgan fingerprint density at radius 1 is 1.24 bits per heavy atom. The van der Waals surface area contributed by atoms with E-state index in [9.17, 15) is 13.2 Å². The fourth-order valence-corrected chi connectivity index (χ4v) is 3.00. The molecule has 0 heterocycles. The van der Waals surface area contributed by atoms with E-state index in [2.05, 4.69) is 33.0 Å². The van der Waals surface area contributed by atoms with Crippen molar-refractivity contribution in [3.05, 3.63) is 35.4 Å². The van der Waals surface area contributed by atoms with Gasteiger partial charge in [0, 0.05) is 17.5 Å². The number of hydrogen-bond acceptors (Lipinski definition) is 1. The van der Waals surface area contributed by atoms with Crippen molar-refractivity contribution in [3.63, 3.8) is 0 Å². The Morgan fingerprint density at radius 3 is 2.33 bits per heavy atom. The third-order valence-corrected chi connectivity index (χ3v) is 4.67. The van der Waals surface area contributed by atoms with Crippen LogP contribution < -0.4 is 5.32 Å². The lowest BCUT2D eigenvalue weighted by Crippen LogP contribution is -2.53. The van der Waals surface area contributed by atoms with Gasteiger partial charge in [0.25, 0.3) is 0 Å². The fraction of sp³-hybridized carbons (Fsp3) is 0.647. The van der Waals surface area contributed by atoms with Crippen LogP contribution in [0.1, 0.15) is 51.7 Å². The van der Waals surface area contributed by atoms with E-state index in [1.165, 1.54) is 12.1 Å². The van der Waals surface area contributed by atoms with Crippen LogP contribution >= 0.6 is 0 Å². The average Bonchev–Trinajstić information content (AvgIpc) is 2.35. The van der Waals surface area contributed by atoms with Gasteiger partial charge in [0.2, 0.25) is 0 Å². The number of alkyl halides is 3. The molecule has 1 aromatic carbocycles. The number of benzene rings is 1. The van der Waals surface area contributed by atoms with Crippen LogP contribution in [0.4, 0.5) is 13.2 Å². The zero-order chi connectivity index (χ0) is 15.9. The Hall–Kier alpha value is -1.03. The molecule has 4 heteroatoms. The Bertz CT molecular complexity index is 501. The van der Waals surface area contributed by atoms with E-state index in [0.29, 0.717) is 5.92 Å². The van der Waals surface area contributed by atoms with E-state index >= 15 is 0 Å². The molecule has 0 radical (unpaired) electrons. The minimum Gasteiger partial charge on any atom is -0.311 e. The minimum atomic E-state index is -4.28. The quantitative estimate of drug-likeness (QED) is 0.848. The molecule has 2 atom stereocenters. The largest absolute Gasteiger partial charge is 0.416 e. The maximum Gasteiger partial charge on any atom is 0.416 e. The summed E-state index contributed by atoms with van der Waals surface area (Å²) in [6, 6.07) is 5.86. The molecular formula is C17H24F3N. The maximum absolute atomic E-state index is 12.9. The molecule has 1 N–H and O–H groups in total. The molecule has 0 bridgehead atoms. The van der Waals surface area contributed by atoms with E-state index in [1.807, 2.05) is 6.07 Å². The van der Waals surface area contributed by atoms with Crippen molar-refractivity contribution in [1.29, 1.82) is 0 Å². The molecule has 0 amide bonds. The fourth-order valence-electron chi connectivity index (χ4n) is 3.00. The first-order valence-corrected chi connectivity index (χ1v) is 7.47. The molecule has 0 spiro atoms. The van der Waals surface area contributed by atoms with Crippen molar-refractivity contribution in [2.45, 2.75) is 57.7 Å². The molecule has 2 rings (SSSR count). The van der Waals surface area contributed by atoms with Crippen LogP contribution in [0.15, 0.2) is 24.3 Å². The molecule has 2 unspecified atom stereocenters. The second-order valence-electron chi connectivity index (χ2n) is 7.28. The normalized spacial score (nSPS) is 26.5. The molecule has 0 aromatic heterocycles. The summed E-state index contributed by atoms with van der Waals surface area (Å²) in [4.78, 5) is 0. The first-order valence-electron chi connectivity index (χ1n) is 7.47. The standard InChI is InChI=1S/C17H24F3N/c1-12-8-9-16(12,11-21-15(2,3)4)13-6-5-7-14(10-13)17(18,19)20/h5-7,10,12,21H,8-9,11H2,1-4H3. The second-order valence-corrected chi connectivity index (χ2v) is 7.28. The van der Waals surface area contributed by atoms with E-state index in [1.54, 1.807) is 0 Å². The maximum atomic E-state index is 12.9. The molecule has 1 aliphatic rings. The highest BCUT2D eigenvalue weighted by Gasteiger charge is 2.46. The highest BCUT2D eigenvalue weighted by Crippen LogP contribution is 2.49. The van der Waals surface area contributed by atoms with Crippen molar-refractivity contribution in [1.82, 2.24) is 5.32 Å². The summed E-state index contributed by atoms with van der Waals surface area (Å²) in [6.45, 7) is 9.09. The molecule has 21 heavy (non-hydrogen) atoms. The molecule has 1 aromatic rings. The van der Waals surface area contributed by atoms with E-state index in [-0.39, 0.29) is 11.0 Å². The van der Waals surface area contributed by atoms with Gasteiger partial charge < -0.3 is 5.32 Å². The summed E-state index contributed by atoms with van der Waals surface area (Å²) in [5, 5.41) is 3.47. The first-order chi connectivity index (χ1) is 9.55. The van der Waals surface area contributed by atoms with Crippen molar-refractivity contribution < 1.29 is 13.2 Å². The Balaban J connectivity index is 2.31. The van der Waals surface area contributed by atoms with Crippen molar-refractivity contribution in [2.75, 3.05) is 6.54 Å². The molecule has 0 aliphatic heterocycles. The number of rotatable bonds is 3. The van der Waals surface area contributed by atoms with Gasteiger partial charge in [-0.05, 0) is 51.2 Å². The summed E-state index contributed by atoms with van der Waals surface area (Å²) in [6.07, 6.45) is -2.26. The summed E-state index contributed by atoms with van der Waals surface area (Å²) in [5.74, 6) is 0.399. The molecular weight excluding hydrogens is 275 g/mol. The highest BCUT2D eigenvalue weighted by atomic mass is 19.4. The highest BCUT2D eigenvalue weighted by molar-refractivity contribution is 5.35. The number of halogens is 3. The van der Waals surface area contributed by atoms with Gasteiger partial charge in [-0.25, -0.2) is 0 Å². The minimum absolute atomic E-state index is 0.0378. The van der Waals surface area contributed by atoms with E-state index < -0.39 is 11.7 Å². The summed E-state index contributed by atoms with van der Waals surface area (Å²) in [7, 11) is 0. The first kappa shape index (κ1) is 16.3. The Kier molecular flexibility index (Phi) is 4.13. The van der Waals surface area contributed by atoms with Crippen molar-refractivity contribution >= 4 is 0 Å². The lowest BCUT2D eigenvalue weighted by molar-refractivity contribution is -0.137. The molecule has 1 nitrogen and oxygen atoms in total. The van der Waals surface area contributed by atoms with Gasteiger partial charge >= 0.3 is 6.18 Å². The van der Waals surface area contributed by atoms with Gasteiger partial charge in [-0.1, -0.05) is 25.1 Å². The smallest absolute Gasteiger partial charge is 0.311 e. The zero-order valence-electron chi connectivity index (χ0n) is 13.1. The third-order valence-electron chi connectivity index (χ3n) is 4.67. The van der Waals surface area contributed by atoms with E-state index in [0.717, 1.165) is 31.0 Å². The van der Waals surface area contributed by atoms with E-state index in [4.69, 9.17) is 0 Å². The third kappa shape index (κ3) is 3.42. The van der Waals surface area contributed by atoms with Gasteiger partial charge in [0.1, 0.15) is 0 Å². The number of hydrogen-bond donors (Lipinski definition) is 1. The van der Waals surface area contributed by atoms with Crippen LogP contribution in [0.3, 0.4) is 0 Å². The van der Waals surface area contributed by atoms with Crippen molar-refractivity contribution in [2.24, 2.45) is 5.92 Å². The van der Waals surface area contributed by atoms with Gasteiger partial charge in [-0.2, -0.15) is 13.2 Å². The Labute approximate surface area is 124 Å². The molecule has 1 aliphatic carbocycles. The molecule has 1 saturated carbocycles. The summed E-state index contributed by atoms with van der Waals surface area (Å²) in [5.41, 5.74) is 0.0560. The van der Waals surface area contributed by atoms with Gasteiger partial charge in [-0.15, -0.1) is 0 Å². The van der Waals surface area contributed by atoms with Crippen LogP contribution in [0.25, 0.3) is 0 Å². The van der Waals surface area contributed by atoms with Crippen LogP contribution in [0.2, 0.25) is 0 Å². The zero-order valence-corrected chi connectivity index (χ0v) is 13.1. The summed E-state index contributed by atoms with van der Waals surface area (Å²) < 4.78 is 38.8. The van der Waals surface area contributed by atoms with Crippen LogP contribution in [0.5, 0.6) is 0 Å². The predicted molar refractivity (Wildman–Crippen MR) is 79.3 cm³/mol. The molecule has 1 fully saturated rings. The lowest BCUT2D eigenvalue weighted by Gasteiger charge is -2.50. The van der Waals surface area contributed by atoms with Crippen LogP contribution in [-0.2, 0) is 11.6 Å². The molecule has 118 valence electrons. The second kappa shape index (κ2) is 5.31. The lowest BCUT2D eigenvalue weighted by atomic mass is 9.57. The molecule has 0 saturated heterocycles. The summed E-state index contributed by atoms with van der Waals surface area (Å²) >= 11 is 0. The van der Waals surface area contributed by atoms with Crippen molar-refractivity contribution in [3.8, 4) is 0 Å². The van der Waals surface area contributed by atoms with Gasteiger partial charge in [0.05, 0.1) is 5.56 Å². The van der Waals surface area contributed by atoms with Gasteiger partial charge in [-0.3, -0.25) is 0 Å². The monoisotopic (exact) mass is 299 g/mol. The van der Waals surface area contributed by atoms with Crippen LogP contribution in [0, 0.1) is 5.92 Å². The predicted octanol–water partition coefficient (Wildman–Crippen LogP) is 4.76. The van der Waals surface area contributed by atoms with Gasteiger partial charge in [0.15, 0.2) is 0 Å². The SMILES string of the molecule is CC1CCC1(CNC(C)(C)C)c1cccc(C(F)(F)F)c1.